The number of aliphatic hydroxyl groups is 1. The van der Waals surface area contributed by atoms with Crippen LogP contribution in [0.25, 0.3) is 0 Å². The number of aliphatic hydroxyl groups excluding tert-OH is 1. The largest absolute Gasteiger partial charge is 0.427 e. The van der Waals surface area contributed by atoms with Crippen molar-refractivity contribution in [2.75, 3.05) is 11.9 Å². The molecule has 0 radical (unpaired) electrons. The number of nitrogens with zero attached hydrogens (tertiary/aromatic N) is 1. The molecule has 0 spiro atoms. The number of rotatable bonds is 6. The summed E-state index contributed by atoms with van der Waals surface area (Å²) in [5, 5.41) is 21.5. The number of nitro groups is 1. The van der Waals surface area contributed by atoms with Crippen LogP contribution < -0.4 is 10.1 Å². The van der Waals surface area contributed by atoms with Crippen LogP contribution in [0.15, 0.2) is 18.2 Å². The predicted molar refractivity (Wildman–Crippen MR) is 60.3 cm³/mol. The molecule has 21 heavy (non-hydrogen) atoms. The number of anilines is 1. The highest BCUT2D eigenvalue weighted by Crippen LogP contribution is 2.31. The van der Waals surface area contributed by atoms with Gasteiger partial charge in [-0.2, -0.15) is 22.0 Å². The van der Waals surface area contributed by atoms with E-state index in [1.165, 1.54) is 0 Å². The van der Waals surface area contributed by atoms with Crippen LogP contribution in [0.4, 0.5) is 33.3 Å². The summed E-state index contributed by atoms with van der Waals surface area (Å²) in [6.45, 7) is -4.28. The van der Waals surface area contributed by atoms with E-state index in [-0.39, 0.29) is 5.69 Å². The molecule has 1 aromatic rings. The van der Waals surface area contributed by atoms with Crippen LogP contribution >= 0.6 is 0 Å². The normalized spacial score (nSPS) is 13.1. The van der Waals surface area contributed by atoms with Gasteiger partial charge in [0, 0.05) is 24.4 Å². The second kappa shape index (κ2) is 6.52. The maximum Gasteiger partial charge on any atom is 0.416 e. The number of hydrogen-bond donors (Lipinski definition) is 2. The van der Waals surface area contributed by atoms with E-state index in [9.17, 15) is 32.1 Å². The van der Waals surface area contributed by atoms with Gasteiger partial charge in [-0.15, -0.1) is 0 Å². The molecule has 0 heterocycles. The third-order valence-electron chi connectivity index (χ3n) is 2.25. The Labute approximate surface area is 114 Å². The van der Waals surface area contributed by atoms with Crippen LogP contribution in [0.1, 0.15) is 0 Å². The summed E-state index contributed by atoms with van der Waals surface area (Å²) >= 11 is 0. The van der Waals surface area contributed by atoms with Gasteiger partial charge in [0.15, 0.2) is 6.10 Å². The molecule has 0 amide bonds. The van der Waals surface area contributed by atoms with Gasteiger partial charge in [0.05, 0.1) is 4.92 Å². The molecule has 0 aliphatic carbocycles. The number of nitrogens with one attached hydrogen (secondary N) is 1. The van der Waals surface area contributed by atoms with Crippen LogP contribution in [-0.2, 0) is 0 Å². The second-order valence-corrected chi connectivity index (χ2v) is 3.76. The minimum atomic E-state index is -4.85. The predicted octanol–water partition coefficient (Wildman–Crippen LogP) is 2.53. The molecule has 118 valence electrons. The minimum Gasteiger partial charge on any atom is -0.427 e. The third-order valence-corrected chi connectivity index (χ3v) is 2.25. The molecular weight excluding hydrogens is 307 g/mol. The van der Waals surface area contributed by atoms with Gasteiger partial charge in [-0.05, 0) is 6.07 Å². The van der Waals surface area contributed by atoms with E-state index in [0.717, 1.165) is 18.2 Å². The summed E-state index contributed by atoms with van der Waals surface area (Å²) in [6.07, 6.45) is -7.53. The lowest BCUT2D eigenvalue weighted by molar-refractivity contribution is -0.386. The highest BCUT2D eigenvalue weighted by atomic mass is 19.4. The van der Waals surface area contributed by atoms with Crippen molar-refractivity contribution in [2.24, 2.45) is 0 Å². The first-order valence-electron chi connectivity index (χ1n) is 5.33. The van der Waals surface area contributed by atoms with Gasteiger partial charge in [-0.25, -0.2) is 0 Å². The summed E-state index contributed by atoms with van der Waals surface area (Å²) in [7, 11) is 0. The molecule has 0 aliphatic rings. The van der Waals surface area contributed by atoms with Gasteiger partial charge in [0.25, 0.3) is 0 Å². The monoisotopic (exact) mass is 316 g/mol. The van der Waals surface area contributed by atoms with Crippen molar-refractivity contribution < 1.29 is 36.7 Å². The van der Waals surface area contributed by atoms with E-state index < -0.39 is 41.8 Å². The zero-order chi connectivity index (χ0) is 16.2. The fourth-order valence-corrected chi connectivity index (χ4v) is 1.30. The van der Waals surface area contributed by atoms with Crippen LogP contribution in [0.2, 0.25) is 0 Å². The fourth-order valence-electron chi connectivity index (χ4n) is 1.30. The third kappa shape index (κ3) is 5.02. The smallest absolute Gasteiger partial charge is 0.416 e. The first kappa shape index (κ1) is 16.9. The first-order valence-corrected chi connectivity index (χ1v) is 5.33. The van der Waals surface area contributed by atoms with Crippen LogP contribution in [0.5, 0.6) is 5.75 Å². The van der Waals surface area contributed by atoms with Crippen LogP contribution in [-0.4, -0.2) is 35.5 Å². The van der Waals surface area contributed by atoms with E-state index in [0.29, 0.717) is 0 Å². The number of hydrogen-bond acceptors (Lipinski definition) is 5. The summed E-state index contributed by atoms with van der Waals surface area (Å²) in [6, 6.07) is 2.53. The van der Waals surface area contributed by atoms with Crippen molar-refractivity contribution >= 4 is 11.4 Å². The maximum atomic E-state index is 12.1. The van der Waals surface area contributed by atoms with Crippen molar-refractivity contribution in [2.45, 2.75) is 18.9 Å². The van der Waals surface area contributed by atoms with Crippen molar-refractivity contribution in [3.05, 3.63) is 28.3 Å². The molecule has 11 heteroatoms. The van der Waals surface area contributed by atoms with Crippen molar-refractivity contribution in [1.29, 1.82) is 0 Å². The molecule has 1 unspecified atom stereocenters. The number of nitro benzene ring substituents is 1. The van der Waals surface area contributed by atoms with Gasteiger partial charge >= 0.3 is 18.5 Å². The van der Waals surface area contributed by atoms with Crippen molar-refractivity contribution in [3.8, 4) is 5.75 Å². The average Bonchev–Trinajstić information content (AvgIpc) is 2.33. The van der Waals surface area contributed by atoms with Gasteiger partial charge < -0.3 is 15.2 Å². The highest BCUT2D eigenvalue weighted by molar-refractivity contribution is 5.58. The van der Waals surface area contributed by atoms with Crippen LogP contribution in [0, 0.1) is 10.1 Å². The maximum absolute atomic E-state index is 12.1. The van der Waals surface area contributed by atoms with Gasteiger partial charge in [0.2, 0.25) is 5.75 Å². The lowest BCUT2D eigenvalue weighted by Crippen LogP contribution is -2.35. The Bertz CT molecular complexity index is 509. The lowest BCUT2D eigenvalue weighted by atomic mass is 10.2. The Kier molecular flexibility index (Phi) is 5.24. The van der Waals surface area contributed by atoms with Crippen LogP contribution in [0.3, 0.4) is 0 Å². The second-order valence-electron chi connectivity index (χ2n) is 3.76. The standard InChI is InChI=1S/C10H9F5N2O4/c11-9(12)21-7-3-5(1-2-6(7)17(19)20)16-4-8(18)10(13,14)15/h1-3,8-9,16,18H,4H2. The summed E-state index contributed by atoms with van der Waals surface area (Å²) in [5.74, 6) is -0.804. The van der Waals surface area contributed by atoms with Crippen molar-refractivity contribution in [1.82, 2.24) is 0 Å². The Morgan fingerprint density at radius 1 is 1.38 bits per heavy atom. The zero-order valence-corrected chi connectivity index (χ0v) is 10.1. The first-order chi connectivity index (χ1) is 9.61. The molecule has 0 fully saturated rings. The zero-order valence-electron chi connectivity index (χ0n) is 10.1. The molecule has 0 saturated heterocycles. The number of ether oxygens (including phenoxy) is 1. The summed E-state index contributed by atoms with van der Waals surface area (Å²) < 4.78 is 64.4. The topological polar surface area (TPSA) is 84.6 Å². The van der Waals surface area contributed by atoms with E-state index >= 15 is 0 Å². The molecular formula is C10H9F5N2O4. The molecule has 6 nitrogen and oxygen atoms in total. The molecule has 0 aromatic heterocycles. The fraction of sp³-hybridized carbons (Fsp3) is 0.400. The molecule has 0 bridgehead atoms. The van der Waals surface area contributed by atoms with Gasteiger partial charge in [0.1, 0.15) is 0 Å². The van der Waals surface area contributed by atoms with E-state index in [1.54, 1.807) is 0 Å². The quantitative estimate of drug-likeness (QED) is 0.478. The Balaban J connectivity index is 2.87. The molecule has 2 N–H and O–H groups in total. The number of alkyl halides is 5. The van der Waals surface area contributed by atoms with Crippen molar-refractivity contribution in [3.63, 3.8) is 0 Å². The highest BCUT2D eigenvalue weighted by Gasteiger charge is 2.37. The lowest BCUT2D eigenvalue weighted by Gasteiger charge is -2.16. The molecule has 0 aliphatic heterocycles. The molecule has 1 aromatic carbocycles. The number of benzene rings is 1. The van der Waals surface area contributed by atoms with Gasteiger partial charge in [-0.3, -0.25) is 10.1 Å². The Morgan fingerprint density at radius 2 is 2.00 bits per heavy atom. The average molecular weight is 316 g/mol. The Morgan fingerprint density at radius 3 is 2.48 bits per heavy atom. The molecule has 1 atom stereocenters. The van der Waals surface area contributed by atoms with Gasteiger partial charge in [-0.1, -0.05) is 0 Å². The summed E-state index contributed by atoms with van der Waals surface area (Å²) in [5.41, 5.74) is -0.920. The molecule has 0 saturated carbocycles. The van der Waals surface area contributed by atoms with E-state index in [1.807, 2.05) is 0 Å². The SMILES string of the molecule is O=[N+]([O-])c1ccc(NCC(O)C(F)(F)F)cc1OC(F)F. The summed E-state index contributed by atoms with van der Waals surface area (Å²) in [4.78, 5) is 9.60. The molecule has 1 rings (SSSR count). The Hall–Kier alpha value is -2.17. The van der Waals surface area contributed by atoms with E-state index in [4.69, 9.17) is 5.11 Å². The van der Waals surface area contributed by atoms with E-state index in [2.05, 4.69) is 10.1 Å². The minimum absolute atomic E-state index is 0.153. The number of halogens is 5.